The fourth-order valence-electron chi connectivity index (χ4n) is 3.21. The molecule has 0 spiro atoms. The van der Waals surface area contributed by atoms with E-state index in [1.54, 1.807) is 19.0 Å². The van der Waals surface area contributed by atoms with Crippen LogP contribution in [0.4, 0.5) is 0 Å². The minimum atomic E-state index is -0.0151. The van der Waals surface area contributed by atoms with E-state index < -0.39 is 0 Å². The summed E-state index contributed by atoms with van der Waals surface area (Å²) in [4.78, 5) is 18.2. The number of hydrogen-bond acceptors (Lipinski definition) is 5. The van der Waals surface area contributed by atoms with Gasteiger partial charge >= 0.3 is 0 Å². The van der Waals surface area contributed by atoms with E-state index in [9.17, 15) is 4.79 Å². The zero-order valence-electron chi connectivity index (χ0n) is 17.8. The van der Waals surface area contributed by atoms with Crippen LogP contribution in [-0.4, -0.2) is 69.9 Å². The summed E-state index contributed by atoms with van der Waals surface area (Å²) in [7, 11) is 3.47. The summed E-state index contributed by atoms with van der Waals surface area (Å²) in [5.41, 5.74) is 0.957. The Bertz CT molecular complexity index is 708. The molecule has 0 bridgehead atoms. The van der Waals surface area contributed by atoms with Crippen molar-refractivity contribution in [3.63, 3.8) is 0 Å². The van der Waals surface area contributed by atoms with E-state index in [2.05, 4.69) is 15.6 Å². The van der Waals surface area contributed by atoms with Gasteiger partial charge in [-0.15, -0.1) is 24.0 Å². The van der Waals surface area contributed by atoms with Crippen LogP contribution in [0.2, 0.25) is 0 Å². The SMILES string of the molecule is CN(C)C(=O)CNC(=NCc1cccc2c1OCCCO2)NCC1CCCCO1.I. The Morgan fingerprint density at radius 1 is 1.13 bits per heavy atom. The van der Waals surface area contributed by atoms with Gasteiger partial charge in [0, 0.05) is 39.2 Å². The molecule has 2 aliphatic rings. The molecule has 0 aliphatic carbocycles. The number of nitrogens with zero attached hydrogens (tertiary/aromatic N) is 2. The van der Waals surface area contributed by atoms with Gasteiger partial charge < -0.3 is 29.7 Å². The predicted molar refractivity (Wildman–Crippen MR) is 127 cm³/mol. The smallest absolute Gasteiger partial charge is 0.241 e. The standard InChI is InChI=1S/C21H32N4O4.HI/c1-25(2)19(26)15-24-21(23-14-17-8-3-4-10-27-17)22-13-16-7-5-9-18-20(16)29-12-6-11-28-18;/h5,7,9,17H,3-4,6,8,10-15H2,1-2H3,(H2,22,23,24);1H. The predicted octanol–water partition coefficient (Wildman–Crippen LogP) is 2.16. The molecule has 2 N–H and O–H groups in total. The Morgan fingerprint density at radius 3 is 2.73 bits per heavy atom. The van der Waals surface area contributed by atoms with Crippen molar-refractivity contribution in [3.8, 4) is 11.5 Å². The lowest BCUT2D eigenvalue weighted by molar-refractivity contribution is -0.127. The second-order valence-corrected chi connectivity index (χ2v) is 7.47. The molecule has 1 aromatic rings. The van der Waals surface area contributed by atoms with Gasteiger partial charge in [-0.05, 0) is 25.3 Å². The highest BCUT2D eigenvalue weighted by atomic mass is 127. The number of benzene rings is 1. The number of aliphatic imine (C=N–C) groups is 1. The number of carbonyl (C=O) groups is 1. The van der Waals surface area contributed by atoms with Crippen molar-refractivity contribution in [2.24, 2.45) is 4.99 Å². The first kappa shape index (κ1) is 24.5. The van der Waals surface area contributed by atoms with Crippen LogP contribution in [0.3, 0.4) is 0 Å². The molecule has 9 heteroatoms. The molecule has 2 heterocycles. The Morgan fingerprint density at radius 2 is 1.97 bits per heavy atom. The Kier molecular flexibility index (Phi) is 10.5. The number of hydrogen-bond donors (Lipinski definition) is 2. The van der Waals surface area contributed by atoms with Crippen LogP contribution in [0.15, 0.2) is 23.2 Å². The summed E-state index contributed by atoms with van der Waals surface area (Å²) < 4.78 is 17.4. The van der Waals surface area contributed by atoms with Gasteiger partial charge in [0.1, 0.15) is 0 Å². The Balaban J connectivity index is 0.00000320. The summed E-state index contributed by atoms with van der Waals surface area (Å²) in [5.74, 6) is 2.09. The van der Waals surface area contributed by atoms with E-state index in [4.69, 9.17) is 14.2 Å². The number of halogens is 1. The van der Waals surface area contributed by atoms with Gasteiger partial charge in [-0.2, -0.15) is 0 Å². The molecular formula is C21H33IN4O4. The lowest BCUT2D eigenvalue weighted by Crippen LogP contribution is -2.45. The van der Waals surface area contributed by atoms with Crippen molar-refractivity contribution in [3.05, 3.63) is 23.8 Å². The lowest BCUT2D eigenvalue weighted by Gasteiger charge is -2.24. The first-order valence-electron chi connectivity index (χ1n) is 10.3. The highest BCUT2D eigenvalue weighted by molar-refractivity contribution is 14.0. The number of ether oxygens (including phenoxy) is 3. The van der Waals surface area contributed by atoms with E-state index in [0.717, 1.165) is 42.9 Å². The second-order valence-electron chi connectivity index (χ2n) is 7.47. The molecule has 0 saturated carbocycles. The van der Waals surface area contributed by atoms with E-state index in [1.165, 1.54) is 6.42 Å². The number of guanidine groups is 1. The van der Waals surface area contributed by atoms with Crippen LogP contribution in [0, 0.1) is 0 Å². The number of amides is 1. The summed E-state index contributed by atoms with van der Waals surface area (Å²) in [6.07, 6.45) is 4.37. The summed E-state index contributed by atoms with van der Waals surface area (Å²) in [6, 6.07) is 5.86. The molecule has 1 amide bonds. The minimum absolute atomic E-state index is 0. The quantitative estimate of drug-likeness (QED) is 0.332. The van der Waals surface area contributed by atoms with Gasteiger partial charge in [0.2, 0.25) is 5.91 Å². The Labute approximate surface area is 195 Å². The van der Waals surface area contributed by atoms with Crippen LogP contribution in [0.1, 0.15) is 31.2 Å². The number of nitrogens with one attached hydrogen (secondary N) is 2. The second kappa shape index (κ2) is 12.8. The molecule has 30 heavy (non-hydrogen) atoms. The molecule has 1 saturated heterocycles. The fraction of sp³-hybridized carbons (Fsp3) is 0.619. The van der Waals surface area contributed by atoms with Gasteiger partial charge in [0.05, 0.1) is 32.4 Å². The van der Waals surface area contributed by atoms with Crippen LogP contribution in [-0.2, 0) is 16.1 Å². The fourth-order valence-corrected chi connectivity index (χ4v) is 3.21. The van der Waals surface area contributed by atoms with Crippen molar-refractivity contribution < 1.29 is 19.0 Å². The summed E-state index contributed by atoms with van der Waals surface area (Å²) >= 11 is 0. The molecule has 168 valence electrons. The highest BCUT2D eigenvalue weighted by Crippen LogP contribution is 2.33. The molecule has 1 unspecified atom stereocenters. The van der Waals surface area contributed by atoms with E-state index in [0.29, 0.717) is 32.3 Å². The van der Waals surface area contributed by atoms with Crippen molar-refractivity contribution in [2.75, 3.05) is 47.0 Å². The number of fused-ring (bicyclic) bond motifs is 1. The largest absolute Gasteiger partial charge is 0.490 e. The topological polar surface area (TPSA) is 84.4 Å². The Hall–Kier alpha value is -1.75. The lowest BCUT2D eigenvalue weighted by atomic mass is 10.1. The minimum Gasteiger partial charge on any atom is -0.490 e. The van der Waals surface area contributed by atoms with E-state index in [-0.39, 0.29) is 42.5 Å². The molecular weight excluding hydrogens is 499 g/mol. The summed E-state index contributed by atoms with van der Waals surface area (Å²) in [5, 5.41) is 6.44. The maximum Gasteiger partial charge on any atom is 0.241 e. The normalized spacial score (nSPS) is 18.6. The van der Waals surface area contributed by atoms with Gasteiger partial charge in [0.25, 0.3) is 0 Å². The first-order valence-corrected chi connectivity index (χ1v) is 10.3. The van der Waals surface area contributed by atoms with Crippen molar-refractivity contribution in [1.82, 2.24) is 15.5 Å². The van der Waals surface area contributed by atoms with Crippen LogP contribution >= 0.6 is 24.0 Å². The average molecular weight is 532 g/mol. The van der Waals surface area contributed by atoms with Crippen molar-refractivity contribution in [1.29, 1.82) is 0 Å². The average Bonchev–Trinajstić information content (AvgIpc) is 2.99. The third-order valence-electron chi connectivity index (χ3n) is 4.94. The maximum absolute atomic E-state index is 12.0. The molecule has 1 fully saturated rings. The molecule has 8 nitrogen and oxygen atoms in total. The molecule has 1 atom stereocenters. The van der Waals surface area contributed by atoms with Crippen LogP contribution < -0.4 is 20.1 Å². The molecule has 1 aromatic carbocycles. The van der Waals surface area contributed by atoms with Crippen LogP contribution in [0.25, 0.3) is 0 Å². The summed E-state index contributed by atoms with van der Waals surface area (Å²) in [6.45, 7) is 3.35. The third kappa shape index (κ3) is 7.50. The van der Waals surface area contributed by atoms with Gasteiger partial charge in [-0.25, -0.2) is 4.99 Å². The number of rotatable bonds is 6. The molecule has 0 aromatic heterocycles. The van der Waals surface area contributed by atoms with E-state index in [1.807, 2.05) is 18.2 Å². The molecule has 3 rings (SSSR count). The number of likely N-dealkylation sites (N-methyl/N-ethyl adjacent to an activating group) is 1. The first-order chi connectivity index (χ1) is 14.1. The zero-order chi connectivity index (χ0) is 20.5. The van der Waals surface area contributed by atoms with Gasteiger partial charge in [-0.1, -0.05) is 12.1 Å². The van der Waals surface area contributed by atoms with Crippen molar-refractivity contribution >= 4 is 35.8 Å². The maximum atomic E-state index is 12.0. The number of para-hydroxylation sites is 1. The van der Waals surface area contributed by atoms with Crippen molar-refractivity contribution in [2.45, 2.75) is 38.3 Å². The monoisotopic (exact) mass is 532 g/mol. The third-order valence-corrected chi connectivity index (χ3v) is 4.94. The van der Waals surface area contributed by atoms with Crippen LogP contribution in [0.5, 0.6) is 11.5 Å². The molecule has 0 radical (unpaired) electrons. The molecule has 2 aliphatic heterocycles. The van der Waals surface area contributed by atoms with E-state index >= 15 is 0 Å². The number of carbonyl (C=O) groups excluding carboxylic acids is 1. The zero-order valence-corrected chi connectivity index (χ0v) is 20.1. The highest BCUT2D eigenvalue weighted by Gasteiger charge is 2.16. The van der Waals surface area contributed by atoms with Gasteiger partial charge in [0.15, 0.2) is 17.5 Å². The van der Waals surface area contributed by atoms with Gasteiger partial charge in [-0.3, -0.25) is 4.79 Å².